The minimum atomic E-state index is -0.183. The Labute approximate surface area is 143 Å². The van der Waals surface area contributed by atoms with E-state index in [1.54, 1.807) is 6.21 Å². The number of carbonyl (C=O) groups excluding carboxylic acids is 1. The van der Waals surface area contributed by atoms with Gasteiger partial charge in [0.2, 0.25) is 0 Å². The third-order valence-electron chi connectivity index (χ3n) is 4.91. The number of carbonyl (C=O) groups is 1. The molecule has 1 heterocycles. The first-order chi connectivity index (χ1) is 11.8. The van der Waals surface area contributed by atoms with Crippen molar-refractivity contribution in [1.82, 2.24) is 0 Å². The number of nitrogens with zero attached hydrogens (tertiary/aromatic N) is 1. The first kappa shape index (κ1) is 16.7. The van der Waals surface area contributed by atoms with Crippen molar-refractivity contribution in [3.05, 3.63) is 47.0 Å². The van der Waals surface area contributed by atoms with Gasteiger partial charge in [0.15, 0.2) is 0 Å². The second-order valence-electron chi connectivity index (χ2n) is 6.50. The molecule has 1 saturated carbocycles. The third kappa shape index (κ3) is 3.86. The lowest BCUT2D eigenvalue weighted by Crippen LogP contribution is -2.26. The number of ether oxygens (including phenoxy) is 1. The van der Waals surface area contributed by atoms with Gasteiger partial charge >= 0.3 is 5.97 Å². The van der Waals surface area contributed by atoms with E-state index in [9.17, 15) is 4.79 Å². The van der Waals surface area contributed by atoms with Gasteiger partial charge in [-0.15, -0.1) is 0 Å². The second kappa shape index (κ2) is 8.13. The largest absolute Gasteiger partial charge is 0.454 e. The van der Waals surface area contributed by atoms with Crippen LogP contribution in [0.4, 0.5) is 0 Å². The molecule has 0 radical (unpaired) electrons. The van der Waals surface area contributed by atoms with E-state index in [1.165, 1.54) is 19.3 Å². The summed E-state index contributed by atoms with van der Waals surface area (Å²) in [6, 6.07) is 9.92. The lowest BCUT2D eigenvalue weighted by molar-refractivity contribution is -0.142. The standard InChI is InChI=1S/C20H25NO3/c1-2-17-18(13-21-23-14-15-9-5-3-6-10-15)19(24-20(17)22)16-11-7-4-8-12-16/h3,5-6,9-10,13,16,19H,2,4,7-8,11-12,14H2,1H3/b21-13+. The predicted molar refractivity (Wildman–Crippen MR) is 93.5 cm³/mol. The molecule has 0 amide bonds. The van der Waals surface area contributed by atoms with Gasteiger partial charge in [-0.1, -0.05) is 61.7 Å². The summed E-state index contributed by atoms with van der Waals surface area (Å²) >= 11 is 0. The molecule has 1 aliphatic heterocycles. The summed E-state index contributed by atoms with van der Waals surface area (Å²) in [4.78, 5) is 17.6. The highest BCUT2D eigenvalue weighted by Gasteiger charge is 2.37. The first-order valence-electron chi connectivity index (χ1n) is 8.93. The molecule has 2 aliphatic rings. The van der Waals surface area contributed by atoms with Crippen LogP contribution in [0.15, 0.2) is 46.6 Å². The fourth-order valence-corrected chi connectivity index (χ4v) is 3.61. The van der Waals surface area contributed by atoms with E-state index in [0.717, 1.165) is 29.6 Å². The number of cyclic esters (lactones) is 1. The van der Waals surface area contributed by atoms with Crippen LogP contribution < -0.4 is 0 Å². The summed E-state index contributed by atoms with van der Waals surface area (Å²) in [5.41, 5.74) is 2.74. The molecule has 1 unspecified atom stereocenters. The van der Waals surface area contributed by atoms with Gasteiger partial charge in [0.1, 0.15) is 12.7 Å². The Morgan fingerprint density at radius 3 is 2.67 bits per heavy atom. The van der Waals surface area contributed by atoms with E-state index in [-0.39, 0.29) is 12.1 Å². The molecule has 0 aromatic heterocycles. The number of rotatable bonds is 6. The Morgan fingerprint density at radius 2 is 1.96 bits per heavy atom. The summed E-state index contributed by atoms with van der Waals surface area (Å²) in [5.74, 6) is 0.236. The van der Waals surface area contributed by atoms with Crippen molar-refractivity contribution in [3.63, 3.8) is 0 Å². The van der Waals surface area contributed by atoms with Crippen LogP contribution in [0.25, 0.3) is 0 Å². The van der Waals surface area contributed by atoms with E-state index < -0.39 is 0 Å². The Balaban J connectivity index is 1.67. The average molecular weight is 327 g/mol. The molecule has 24 heavy (non-hydrogen) atoms. The highest BCUT2D eigenvalue weighted by atomic mass is 16.6. The molecule has 1 aromatic rings. The third-order valence-corrected chi connectivity index (χ3v) is 4.91. The Hall–Kier alpha value is -2.10. The van der Waals surface area contributed by atoms with Crippen LogP contribution in [0, 0.1) is 5.92 Å². The molecule has 0 N–H and O–H groups in total. The zero-order valence-electron chi connectivity index (χ0n) is 14.2. The Kier molecular flexibility index (Phi) is 5.68. The van der Waals surface area contributed by atoms with Gasteiger partial charge in [-0.05, 0) is 24.8 Å². The maximum Gasteiger partial charge on any atom is 0.335 e. The number of hydrogen-bond donors (Lipinski definition) is 0. The molecule has 1 aromatic carbocycles. The lowest BCUT2D eigenvalue weighted by atomic mass is 9.82. The normalized spacial score (nSPS) is 22.2. The van der Waals surface area contributed by atoms with Crippen LogP contribution in [-0.4, -0.2) is 18.3 Å². The van der Waals surface area contributed by atoms with E-state index in [1.807, 2.05) is 37.3 Å². The summed E-state index contributed by atoms with van der Waals surface area (Å²) in [6.45, 7) is 2.41. The minimum absolute atomic E-state index is 0.142. The highest BCUT2D eigenvalue weighted by Crippen LogP contribution is 2.36. The molecule has 0 spiro atoms. The van der Waals surface area contributed by atoms with E-state index in [2.05, 4.69) is 5.16 Å². The van der Waals surface area contributed by atoms with Crippen molar-refractivity contribution in [1.29, 1.82) is 0 Å². The first-order valence-corrected chi connectivity index (χ1v) is 8.93. The van der Waals surface area contributed by atoms with E-state index in [4.69, 9.17) is 9.57 Å². The summed E-state index contributed by atoms with van der Waals surface area (Å²) in [7, 11) is 0. The maximum atomic E-state index is 12.1. The van der Waals surface area contributed by atoms with Gasteiger partial charge in [0.05, 0.1) is 6.21 Å². The second-order valence-corrected chi connectivity index (χ2v) is 6.50. The maximum absolute atomic E-state index is 12.1. The van der Waals surface area contributed by atoms with E-state index in [0.29, 0.717) is 18.9 Å². The number of oxime groups is 1. The molecular weight excluding hydrogens is 302 g/mol. The van der Waals surface area contributed by atoms with Crippen molar-refractivity contribution in [3.8, 4) is 0 Å². The predicted octanol–water partition coefficient (Wildman–Crippen LogP) is 4.40. The molecule has 1 fully saturated rings. The molecule has 4 heteroatoms. The minimum Gasteiger partial charge on any atom is -0.454 e. The number of hydrogen-bond acceptors (Lipinski definition) is 4. The van der Waals surface area contributed by atoms with Crippen molar-refractivity contribution in [2.75, 3.05) is 0 Å². The van der Waals surface area contributed by atoms with Crippen molar-refractivity contribution in [2.24, 2.45) is 11.1 Å². The van der Waals surface area contributed by atoms with E-state index >= 15 is 0 Å². The number of esters is 1. The topological polar surface area (TPSA) is 47.9 Å². The molecule has 4 nitrogen and oxygen atoms in total. The van der Waals surface area contributed by atoms with Crippen LogP contribution in [0.1, 0.15) is 51.0 Å². The SMILES string of the molecule is CCC1=C(/C=N/OCc2ccccc2)C(C2CCCCC2)OC1=O. The highest BCUT2D eigenvalue weighted by molar-refractivity contribution is 6.00. The van der Waals surface area contributed by atoms with Crippen molar-refractivity contribution >= 4 is 12.2 Å². The molecule has 1 atom stereocenters. The summed E-state index contributed by atoms with van der Waals surface area (Å²) in [5, 5.41) is 4.11. The van der Waals surface area contributed by atoms with Gasteiger partial charge in [-0.3, -0.25) is 0 Å². The molecule has 0 bridgehead atoms. The smallest absolute Gasteiger partial charge is 0.335 e. The summed E-state index contributed by atoms with van der Waals surface area (Å²) < 4.78 is 5.67. The summed E-state index contributed by atoms with van der Waals surface area (Å²) in [6.07, 6.45) is 8.19. The Morgan fingerprint density at radius 1 is 1.21 bits per heavy atom. The zero-order chi connectivity index (χ0) is 16.8. The fraction of sp³-hybridized carbons (Fsp3) is 0.500. The van der Waals surface area contributed by atoms with Gasteiger partial charge in [-0.2, -0.15) is 0 Å². The van der Waals surface area contributed by atoms with Gasteiger partial charge in [0, 0.05) is 17.1 Å². The van der Waals surface area contributed by atoms with Crippen LogP contribution >= 0.6 is 0 Å². The van der Waals surface area contributed by atoms with Crippen molar-refractivity contribution < 1.29 is 14.4 Å². The lowest BCUT2D eigenvalue weighted by Gasteiger charge is -2.27. The Bertz CT molecular complexity index is 615. The zero-order valence-corrected chi connectivity index (χ0v) is 14.2. The molecule has 3 rings (SSSR count). The number of benzene rings is 1. The quantitative estimate of drug-likeness (QED) is 0.442. The van der Waals surface area contributed by atoms with Crippen LogP contribution in [0.3, 0.4) is 0 Å². The molecule has 0 saturated heterocycles. The molecular formula is C20H25NO3. The van der Waals surface area contributed by atoms with Gasteiger partial charge in [0.25, 0.3) is 0 Å². The van der Waals surface area contributed by atoms with Crippen molar-refractivity contribution in [2.45, 2.75) is 58.2 Å². The van der Waals surface area contributed by atoms with Gasteiger partial charge < -0.3 is 9.57 Å². The molecule has 128 valence electrons. The van der Waals surface area contributed by atoms with Crippen LogP contribution in [0.5, 0.6) is 0 Å². The monoisotopic (exact) mass is 327 g/mol. The average Bonchev–Trinajstić information content (AvgIpc) is 2.96. The van der Waals surface area contributed by atoms with Crippen LogP contribution in [-0.2, 0) is 21.0 Å². The van der Waals surface area contributed by atoms with Gasteiger partial charge in [-0.25, -0.2) is 4.79 Å². The molecule has 1 aliphatic carbocycles. The fourth-order valence-electron chi connectivity index (χ4n) is 3.61. The van der Waals surface area contributed by atoms with Crippen LogP contribution in [0.2, 0.25) is 0 Å².